The molecule has 182 valence electrons. The Morgan fingerprint density at radius 2 is 0.903 bits per heavy atom. The zero-order valence-corrected chi connectivity index (χ0v) is 17.2. The summed E-state index contributed by atoms with van der Waals surface area (Å²) in [6.07, 6.45) is -33.0. The number of rotatable bonds is 11. The van der Waals surface area contributed by atoms with Gasteiger partial charge < -0.3 is 4.55 Å². The van der Waals surface area contributed by atoms with E-state index in [0.29, 0.717) is 0 Å². The molecule has 31 heavy (non-hydrogen) atoms. The fourth-order valence-electron chi connectivity index (χ4n) is 1.75. The van der Waals surface area contributed by atoms with Crippen LogP contribution in [0.25, 0.3) is 0 Å². The van der Waals surface area contributed by atoms with Crippen molar-refractivity contribution in [3.63, 3.8) is 0 Å². The molecule has 0 spiro atoms. The largest absolute Gasteiger partial charge is 1.00 e. The summed E-state index contributed by atoms with van der Waals surface area (Å²) in [5.41, 5.74) is -5.65. The summed E-state index contributed by atoms with van der Waals surface area (Å²) in [4.78, 5) is 0. The van der Waals surface area contributed by atoms with Crippen LogP contribution >= 0.6 is 0 Å². The van der Waals surface area contributed by atoms with Crippen LogP contribution in [0, 0.1) is 0 Å². The molecule has 0 aromatic carbocycles. The Hall–Kier alpha value is -0.140. The Kier molecular flexibility index (Phi) is 11.6. The van der Waals surface area contributed by atoms with Crippen molar-refractivity contribution >= 4 is 10.1 Å². The Morgan fingerprint density at radius 3 is 1.23 bits per heavy atom. The first-order chi connectivity index (χ1) is 13.1. The average Bonchev–Trinajstić information content (AvgIpc) is 2.62. The molecule has 0 aliphatic carbocycles. The molecule has 7 unspecified atom stereocenters. The van der Waals surface area contributed by atoms with E-state index in [-0.39, 0.29) is 29.6 Å². The van der Waals surface area contributed by atoms with E-state index < -0.39 is 76.8 Å². The molecule has 0 aliphatic rings. The molecule has 20 heteroatoms. The Morgan fingerprint density at radius 1 is 0.581 bits per heavy atom. The summed E-state index contributed by atoms with van der Waals surface area (Å²) >= 11 is 0. The minimum absolute atomic E-state index is 0. The van der Waals surface area contributed by atoms with Crippen LogP contribution in [0.1, 0.15) is 0 Å². The molecule has 0 rings (SSSR count). The average molecular weight is 528 g/mol. The van der Waals surface area contributed by atoms with Crippen LogP contribution in [0.4, 0.5) is 65.9 Å². The van der Waals surface area contributed by atoms with Gasteiger partial charge in [-0.25, -0.2) is 47.9 Å². The molecule has 0 saturated carbocycles. The topological polar surface area (TPSA) is 57.2 Å². The van der Waals surface area contributed by atoms with Crippen LogP contribution in [-0.4, -0.2) is 79.7 Å². The molecule has 0 aromatic heterocycles. The third-order valence-corrected chi connectivity index (χ3v) is 4.26. The van der Waals surface area contributed by atoms with Gasteiger partial charge in [-0.05, 0) is 0 Å². The van der Waals surface area contributed by atoms with Crippen LogP contribution in [0.2, 0.25) is 0 Å². The van der Waals surface area contributed by atoms with Crippen LogP contribution in [-0.2, 0) is 10.1 Å². The summed E-state index contributed by atoms with van der Waals surface area (Å²) in [6, 6.07) is 0. The Labute approximate surface area is 185 Å². The first kappa shape index (κ1) is 33.0. The second kappa shape index (κ2) is 10.9. The summed E-state index contributed by atoms with van der Waals surface area (Å²) in [7, 11) is -7.10. The Balaban J connectivity index is 0. The summed E-state index contributed by atoms with van der Waals surface area (Å²) in [5.74, 6) is -22.1. The smallest absolute Gasteiger partial charge is 0.746 e. The van der Waals surface area contributed by atoms with Gasteiger partial charge in [-0.1, -0.05) is 0 Å². The third kappa shape index (κ3) is 6.47. The van der Waals surface area contributed by atoms with E-state index in [1.165, 1.54) is 0 Å². The molecule has 7 atom stereocenters. The van der Waals surface area contributed by atoms with Gasteiger partial charge in [-0.3, -0.25) is 0 Å². The van der Waals surface area contributed by atoms with E-state index in [0.717, 1.165) is 0 Å². The molecule has 0 aromatic rings. The van der Waals surface area contributed by atoms with Gasteiger partial charge in [0.2, 0.25) is 6.17 Å². The van der Waals surface area contributed by atoms with Crippen molar-refractivity contribution in [3.8, 4) is 0 Å². The molecule has 0 amide bonds. The number of alkyl halides is 15. The second-order valence-corrected chi connectivity index (χ2v) is 6.99. The zero-order chi connectivity index (χ0) is 24.6. The summed E-state index contributed by atoms with van der Waals surface area (Å²) in [5, 5.41) is 0. The van der Waals surface area contributed by atoms with E-state index >= 15 is 0 Å². The molecule has 0 radical (unpaired) electrons. The first-order valence-electron chi connectivity index (χ1n) is 6.91. The fraction of sp³-hybridized carbons (Fsp3) is 1.00. The maximum absolute atomic E-state index is 13.3. The van der Waals surface area contributed by atoms with Gasteiger partial charge in [0.15, 0.2) is 30.9 Å². The van der Waals surface area contributed by atoms with Gasteiger partial charge in [-0.2, -0.15) is 26.3 Å². The predicted octanol–water partition coefficient (Wildman–Crippen LogP) is 1.03. The minimum Gasteiger partial charge on any atom is -0.746 e. The predicted molar refractivity (Wildman–Crippen MR) is 64.8 cm³/mol. The minimum atomic E-state index is -7.59. The van der Waals surface area contributed by atoms with Crippen molar-refractivity contribution in [3.05, 3.63) is 0 Å². The molecule has 0 bridgehead atoms. The number of hydrogen-bond donors (Lipinski definition) is 0. The van der Waals surface area contributed by atoms with E-state index in [1.807, 2.05) is 0 Å². The van der Waals surface area contributed by atoms with Crippen LogP contribution in [0.5, 0.6) is 0 Å². The van der Waals surface area contributed by atoms with Gasteiger partial charge in [-0.15, -0.1) is 0 Å². The standard InChI is InChI=1S/C11H9F15O3S.Na/c12-1(3(14)5(16)7(18)19)2(13)4(15)6(17)9(21,22)11(25,26)10(23,24)8(20)30(27,28)29;/h1-8H,(H,27,28,29);/q;+1/p-1. The Bertz CT molecular complexity index is 677. The van der Waals surface area contributed by atoms with E-state index in [1.54, 1.807) is 0 Å². The van der Waals surface area contributed by atoms with E-state index in [9.17, 15) is 78.8 Å². The normalized spacial score (nSPS) is 20.9. The van der Waals surface area contributed by atoms with E-state index in [2.05, 4.69) is 0 Å². The molecule has 3 nitrogen and oxygen atoms in total. The van der Waals surface area contributed by atoms with Crippen molar-refractivity contribution in [2.75, 3.05) is 0 Å². The van der Waals surface area contributed by atoms with Crippen molar-refractivity contribution in [2.24, 2.45) is 0 Å². The molecular weight excluding hydrogens is 520 g/mol. The maximum Gasteiger partial charge on any atom is 1.00 e. The van der Waals surface area contributed by atoms with Crippen molar-refractivity contribution in [1.29, 1.82) is 0 Å². The van der Waals surface area contributed by atoms with Gasteiger partial charge in [0.1, 0.15) is 10.1 Å². The van der Waals surface area contributed by atoms with E-state index in [4.69, 9.17) is 0 Å². The molecule has 0 N–H and O–H groups in total. The monoisotopic (exact) mass is 528 g/mol. The SMILES string of the molecule is O=S(=O)([O-])C(F)C(F)(F)C(F)(F)C(F)(F)C(F)C(F)C(F)C(F)C(F)C(F)C(F)F.[Na+]. The quantitative estimate of drug-likeness (QED) is 0.229. The van der Waals surface area contributed by atoms with Gasteiger partial charge >= 0.3 is 47.3 Å². The fourth-order valence-corrected chi connectivity index (χ4v) is 2.26. The zero-order valence-electron chi connectivity index (χ0n) is 14.4. The number of halogens is 15. The van der Waals surface area contributed by atoms with Gasteiger partial charge in [0.25, 0.3) is 11.9 Å². The van der Waals surface area contributed by atoms with Crippen LogP contribution in [0.3, 0.4) is 0 Å². The van der Waals surface area contributed by atoms with Crippen LogP contribution < -0.4 is 29.6 Å². The van der Waals surface area contributed by atoms with Crippen LogP contribution in [0.15, 0.2) is 0 Å². The first-order valence-corrected chi connectivity index (χ1v) is 8.38. The molecule has 0 saturated heterocycles. The van der Waals surface area contributed by atoms with Gasteiger partial charge in [0, 0.05) is 0 Å². The maximum atomic E-state index is 13.3. The third-order valence-electron chi connectivity index (χ3n) is 3.46. The molecule has 0 fully saturated rings. The number of hydrogen-bond acceptors (Lipinski definition) is 3. The molecular formula is C11H8F15NaO3S. The molecule has 0 aliphatic heterocycles. The summed E-state index contributed by atoms with van der Waals surface area (Å²) in [6.45, 7) is 0. The van der Waals surface area contributed by atoms with Crippen molar-refractivity contribution in [1.82, 2.24) is 0 Å². The second-order valence-electron chi connectivity index (χ2n) is 5.59. The molecule has 0 heterocycles. The van der Waals surface area contributed by atoms with Crippen molar-refractivity contribution in [2.45, 2.75) is 66.7 Å². The van der Waals surface area contributed by atoms with Crippen molar-refractivity contribution < 1.29 is 108 Å². The summed E-state index contributed by atoms with van der Waals surface area (Å²) < 4.78 is 224. The van der Waals surface area contributed by atoms with Gasteiger partial charge in [0.05, 0.1) is 0 Å².